The summed E-state index contributed by atoms with van der Waals surface area (Å²) in [6.45, 7) is 0.740. The van der Waals surface area contributed by atoms with Crippen LogP contribution >= 0.6 is 0 Å². The zero-order valence-corrected chi connectivity index (χ0v) is 18.3. The van der Waals surface area contributed by atoms with Gasteiger partial charge in [0.15, 0.2) is 11.5 Å². The standard InChI is InChI=1S/C22H20N2O8S/c1-29-22(26)16-8-14(12-23-21(25)15-4-5-30-13-15)9-17(10-16)24-33(27,28)18-2-3-19-20(11-18)32-7-6-31-19/h2-5,8-11,13,24H,6-7,12H2,1H3,(H,23,25). The van der Waals surface area contributed by atoms with Gasteiger partial charge in [0.05, 0.1) is 35.1 Å². The summed E-state index contributed by atoms with van der Waals surface area (Å²) in [5.41, 5.74) is 1.06. The summed E-state index contributed by atoms with van der Waals surface area (Å²) in [6.07, 6.45) is 2.67. The van der Waals surface area contributed by atoms with Crippen LogP contribution in [-0.4, -0.2) is 40.6 Å². The van der Waals surface area contributed by atoms with Crippen LogP contribution in [0.3, 0.4) is 0 Å². The molecular formula is C22H20N2O8S. The first-order chi connectivity index (χ1) is 15.9. The molecule has 0 saturated carbocycles. The Kier molecular flexibility index (Phi) is 6.22. The summed E-state index contributed by atoms with van der Waals surface area (Å²) in [5, 5.41) is 2.68. The molecule has 0 aliphatic carbocycles. The molecule has 2 N–H and O–H groups in total. The second kappa shape index (κ2) is 9.25. The van der Waals surface area contributed by atoms with Crippen molar-refractivity contribution in [2.24, 2.45) is 0 Å². The highest BCUT2D eigenvalue weighted by molar-refractivity contribution is 7.92. The highest BCUT2D eigenvalue weighted by Crippen LogP contribution is 2.33. The lowest BCUT2D eigenvalue weighted by atomic mass is 10.1. The van der Waals surface area contributed by atoms with Crippen LogP contribution in [0.5, 0.6) is 11.5 Å². The fourth-order valence-corrected chi connectivity index (χ4v) is 4.23. The van der Waals surface area contributed by atoms with E-state index in [1.807, 2.05) is 0 Å². The molecule has 2 heterocycles. The largest absolute Gasteiger partial charge is 0.486 e. The van der Waals surface area contributed by atoms with Crippen molar-refractivity contribution < 1.29 is 36.6 Å². The molecular weight excluding hydrogens is 452 g/mol. The molecule has 1 aliphatic rings. The number of ether oxygens (including phenoxy) is 3. The molecule has 4 rings (SSSR count). The average Bonchev–Trinajstić information content (AvgIpc) is 3.36. The number of amides is 1. The molecule has 0 fully saturated rings. The van der Waals surface area contributed by atoms with Crippen molar-refractivity contribution in [2.75, 3.05) is 25.0 Å². The van der Waals surface area contributed by atoms with Crippen LogP contribution in [0.1, 0.15) is 26.3 Å². The fourth-order valence-electron chi connectivity index (χ4n) is 3.17. The number of esters is 1. The van der Waals surface area contributed by atoms with Crippen LogP contribution in [0.15, 0.2) is 64.3 Å². The molecule has 0 radical (unpaired) electrons. The molecule has 1 aromatic heterocycles. The maximum Gasteiger partial charge on any atom is 0.337 e. The zero-order chi connectivity index (χ0) is 23.4. The lowest BCUT2D eigenvalue weighted by Gasteiger charge is -2.19. The van der Waals surface area contributed by atoms with Crippen molar-refractivity contribution in [1.82, 2.24) is 5.32 Å². The van der Waals surface area contributed by atoms with E-state index in [4.69, 9.17) is 18.6 Å². The van der Waals surface area contributed by atoms with Gasteiger partial charge in [-0.1, -0.05) is 0 Å². The van der Waals surface area contributed by atoms with Gasteiger partial charge in [-0.3, -0.25) is 9.52 Å². The van der Waals surface area contributed by atoms with Crippen LogP contribution in [0.25, 0.3) is 0 Å². The predicted octanol–water partition coefficient (Wildman–Crippen LogP) is 2.57. The fraction of sp³-hybridized carbons (Fsp3) is 0.182. The van der Waals surface area contributed by atoms with Gasteiger partial charge in [0.25, 0.3) is 15.9 Å². The molecule has 11 heteroatoms. The number of anilines is 1. The van der Waals surface area contributed by atoms with Crippen LogP contribution in [0.4, 0.5) is 5.69 Å². The van der Waals surface area contributed by atoms with Crippen molar-refractivity contribution in [3.8, 4) is 11.5 Å². The monoisotopic (exact) mass is 472 g/mol. The van der Waals surface area contributed by atoms with Gasteiger partial charge in [-0.15, -0.1) is 0 Å². The van der Waals surface area contributed by atoms with E-state index in [0.29, 0.717) is 35.8 Å². The van der Waals surface area contributed by atoms with E-state index in [2.05, 4.69) is 10.0 Å². The minimum absolute atomic E-state index is 0.0353. The predicted molar refractivity (Wildman–Crippen MR) is 116 cm³/mol. The molecule has 0 saturated heterocycles. The van der Waals surface area contributed by atoms with Crippen LogP contribution < -0.4 is 19.5 Å². The number of rotatable bonds is 7. The molecule has 0 atom stereocenters. The summed E-state index contributed by atoms with van der Waals surface area (Å²) >= 11 is 0. The number of methoxy groups -OCH3 is 1. The maximum atomic E-state index is 13.0. The zero-order valence-electron chi connectivity index (χ0n) is 17.5. The molecule has 0 unspecified atom stereocenters. The summed E-state index contributed by atoms with van der Waals surface area (Å²) < 4.78 is 48.9. The van der Waals surface area contributed by atoms with E-state index in [9.17, 15) is 18.0 Å². The van der Waals surface area contributed by atoms with E-state index in [1.54, 1.807) is 0 Å². The number of hydrogen-bond acceptors (Lipinski definition) is 8. The van der Waals surface area contributed by atoms with Crippen molar-refractivity contribution in [3.63, 3.8) is 0 Å². The lowest BCUT2D eigenvalue weighted by molar-refractivity contribution is 0.0600. The number of benzene rings is 2. The second-order valence-electron chi connectivity index (χ2n) is 7.02. The van der Waals surface area contributed by atoms with Crippen molar-refractivity contribution >= 4 is 27.6 Å². The second-order valence-corrected chi connectivity index (χ2v) is 8.70. The Morgan fingerprint density at radius 3 is 2.52 bits per heavy atom. The molecule has 1 amide bonds. The van der Waals surface area contributed by atoms with E-state index >= 15 is 0 Å². The molecule has 0 spiro atoms. The summed E-state index contributed by atoms with van der Waals surface area (Å²) in [5.74, 6) is -0.248. The summed E-state index contributed by atoms with van der Waals surface area (Å²) in [6, 6.07) is 10.2. The number of furan rings is 1. The number of hydrogen-bond donors (Lipinski definition) is 2. The SMILES string of the molecule is COC(=O)c1cc(CNC(=O)c2ccoc2)cc(NS(=O)(=O)c2ccc3c(c2)OCCO3)c1. The van der Waals surface area contributed by atoms with Gasteiger partial charge in [0, 0.05) is 12.6 Å². The highest BCUT2D eigenvalue weighted by Gasteiger charge is 2.21. The quantitative estimate of drug-likeness (QED) is 0.501. The molecule has 2 aromatic carbocycles. The summed E-state index contributed by atoms with van der Waals surface area (Å²) in [4.78, 5) is 24.2. The number of carbonyl (C=O) groups excluding carboxylic acids is 2. The van der Waals surface area contributed by atoms with Crippen molar-refractivity contribution in [3.05, 3.63) is 71.7 Å². The Hall–Kier alpha value is -3.99. The van der Waals surface area contributed by atoms with E-state index in [-0.39, 0.29) is 28.6 Å². The van der Waals surface area contributed by atoms with E-state index < -0.39 is 16.0 Å². The normalized spacial score (nSPS) is 12.6. The topological polar surface area (TPSA) is 133 Å². The van der Waals surface area contributed by atoms with Crippen molar-refractivity contribution in [1.29, 1.82) is 0 Å². The summed E-state index contributed by atoms with van der Waals surface area (Å²) in [7, 11) is -2.80. The van der Waals surface area contributed by atoms with Gasteiger partial charge in [-0.25, -0.2) is 13.2 Å². The smallest absolute Gasteiger partial charge is 0.337 e. The van der Waals surface area contributed by atoms with Gasteiger partial charge in [-0.05, 0) is 42.0 Å². The lowest BCUT2D eigenvalue weighted by Crippen LogP contribution is -2.22. The first kappa shape index (κ1) is 22.2. The van der Waals surface area contributed by atoms with Gasteiger partial charge in [-0.2, -0.15) is 0 Å². The van der Waals surface area contributed by atoms with Crippen LogP contribution in [-0.2, 0) is 21.3 Å². The average molecular weight is 472 g/mol. The third-order valence-corrected chi connectivity index (χ3v) is 6.11. The first-order valence-corrected chi connectivity index (χ1v) is 11.3. The molecule has 1 aliphatic heterocycles. The van der Waals surface area contributed by atoms with Crippen molar-refractivity contribution in [2.45, 2.75) is 11.4 Å². The van der Waals surface area contributed by atoms with Gasteiger partial charge < -0.3 is 23.9 Å². The number of nitrogens with one attached hydrogen (secondary N) is 2. The Bertz CT molecular complexity index is 1290. The van der Waals surface area contributed by atoms with E-state index in [0.717, 1.165) is 0 Å². The maximum absolute atomic E-state index is 13.0. The molecule has 33 heavy (non-hydrogen) atoms. The Morgan fingerprint density at radius 2 is 1.79 bits per heavy atom. The number of sulfonamides is 1. The Balaban J connectivity index is 1.58. The third-order valence-electron chi connectivity index (χ3n) is 4.73. The first-order valence-electron chi connectivity index (χ1n) is 9.81. The Morgan fingerprint density at radius 1 is 1.00 bits per heavy atom. The number of carbonyl (C=O) groups is 2. The minimum Gasteiger partial charge on any atom is -0.486 e. The van der Waals surface area contributed by atoms with E-state index in [1.165, 1.54) is 62.1 Å². The van der Waals surface area contributed by atoms with Gasteiger partial charge in [0.1, 0.15) is 19.5 Å². The van der Waals surface area contributed by atoms with Gasteiger partial charge >= 0.3 is 5.97 Å². The highest BCUT2D eigenvalue weighted by atomic mass is 32.2. The number of fused-ring (bicyclic) bond motifs is 1. The third kappa shape index (κ3) is 5.09. The molecule has 10 nitrogen and oxygen atoms in total. The van der Waals surface area contributed by atoms with Crippen LogP contribution in [0, 0.1) is 0 Å². The van der Waals surface area contributed by atoms with Gasteiger partial charge in [0.2, 0.25) is 0 Å². The molecule has 172 valence electrons. The van der Waals surface area contributed by atoms with Crippen LogP contribution in [0.2, 0.25) is 0 Å². The molecule has 0 bridgehead atoms. The molecule has 3 aromatic rings. The minimum atomic E-state index is -4.02. The Labute approximate surface area is 189 Å².